The number of amides is 1. The molecule has 1 amide bonds. The number of hydrogen-bond acceptors (Lipinski definition) is 6. The molecule has 0 saturated heterocycles. The molecule has 0 aliphatic carbocycles. The molecular formula is C37H37ClF5N7O2S2. The summed E-state index contributed by atoms with van der Waals surface area (Å²) in [6, 6.07) is 8.01. The first-order chi connectivity index (χ1) is 25.2. The van der Waals surface area contributed by atoms with Gasteiger partial charge in [-0.2, -0.15) is 23.4 Å². The van der Waals surface area contributed by atoms with Crippen molar-refractivity contribution in [3.63, 3.8) is 0 Å². The third kappa shape index (κ3) is 9.60. The summed E-state index contributed by atoms with van der Waals surface area (Å²) in [4.78, 5) is 18.7. The van der Waals surface area contributed by atoms with Gasteiger partial charge in [0.2, 0.25) is 5.91 Å². The Labute approximate surface area is 321 Å². The van der Waals surface area contributed by atoms with Crippen LogP contribution in [0.4, 0.5) is 27.8 Å². The minimum Gasteiger partial charge on any atom is -0.346 e. The lowest BCUT2D eigenvalue weighted by molar-refractivity contribution is -0.141. The number of pyridine rings is 1. The van der Waals surface area contributed by atoms with Crippen molar-refractivity contribution in [3.05, 3.63) is 93.0 Å². The molecule has 0 fully saturated rings. The number of rotatable bonds is 11. The van der Waals surface area contributed by atoms with Crippen molar-refractivity contribution in [1.29, 1.82) is 0 Å². The molecule has 0 aliphatic heterocycles. The van der Waals surface area contributed by atoms with Gasteiger partial charge < -0.3 is 5.32 Å². The normalized spacial score (nSPS) is 13.1. The molecule has 2 unspecified atom stereocenters. The fourth-order valence-corrected chi connectivity index (χ4v) is 6.60. The zero-order valence-corrected chi connectivity index (χ0v) is 32.8. The van der Waals surface area contributed by atoms with Gasteiger partial charge in [0.25, 0.3) is 0 Å². The Morgan fingerprint density at radius 2 is 1.69 bits per heavy atom. The van der Waals surface area contributed by atoms with Crippen LogP contribution in [0.1, 0.15) is 53.8 Å². The zero-order chi connectivity index (χ0) is 39.7. The minimum absolute atomic E-state index is 0.0340. The van der Waals surface area contributed by atoms with Gasteiger partial charge in [0, 0.05) is 29.1 Å². The van der Waals surface area contributed by atoms with Gasteiger partial charge in [-0.1, -0.05) is 23.6 Å². The van der Waals surface area contributed by atoms with Gasteiger partial charge in [-0.15, -0.1) is 11.8 Å². The topological polar surface area (TPSA) is 107 Å². The van der Waals surface area contributed by atoms with E-state index in [4.69, 9.17) is 16.6 Å². The number of carbonyl (C=O) groups excluding carboxylic acids is 1. The van der Waals surface area contributed by atoms with Crippen molar-refractivity contribution < 1.29 is 31.0 Å². The highest BCUT2D eigenvalue weighted by Crippen LogP contribution is 2.41. The van der Waals surface area contributed by atoms with Crippen LogP contribution in [0, 0.1) is 44.2 Å². The number of halogens is 6. The average Bonchev–Trinajstić information content (AvgIpc) is 3.53. The Balaban J connectivity index is 1.78. The molecule has 0 radical (unpaired) electrons. The Bertz CT molecular complexity index is 2310. The number of benzene rings is 2. The van der Waals surface area contributed by atoms with Gasteiger partial charge in [0.05, 0.1) is 38.1 Å². The van der Waals surface area contributed by atoms with Crippen LogP contribution in [-0.2, 0) is 35.3 Å². The van der Waals surface area contributed by atoms with Gasteiger partial charge in [-0.25, -0.2) is 18.0 Å². The Hall–Kier alpha value is -4.46. The van der Waals surface area contributed by atoms with Crippen LogP contribution in [0.3, 0.4) is 0 Å². The number of nitrogens with zero attached hydrogens (tertiary/aromatic N) is 5. The number of aromatic nitrogens is 5. The number of fused-ring (bicyclic) bond motifs is 1. The van der Waals surface area contributed by atoms with Crippen molar-refractivity contribution >= 4 is 57.0 Å². The molecular weight excluding hydrogens is 769 g/mol. The lowest BCUT2D eigenvalue weighted by Crippen LogP contribution is -2.34. The third-order valence-corrected chi connectivity index (χ3v) is 10.6. The number of carbonyl (C=O) groups is 1. The molecule has 9 nitrogen and oxygen atoms in total. The summed E-state index contributed by atoms with van der Waals surface area (Å²) in [6.45, 7) is 7.62. The van der Waals surface area contributed by atoms with Gasteiger partial charge in [0.15, 0.2) is 5.82 Å². The summed E-state index contributed by atoms with van der Waals surface area (Å²) >= 11 is 8.09. The van der Waals surface area contributed by atoms with E-state index in [9.17, 15) is 31.0 Å². The summed E-state index contributed by atoms with van der Waals surface area (Å²) in [5.41, 5.74) is 3.37. The molecule has 17 heteroatoms. The summed E-state index contributed by atoms with van der Waals surface area (Å²) < 4.78 is 87.7. The van der Waals surface area contributed by atoms with E-state index in [0.29, 0.717) is 4.68 Å². The fourth-order valence-electron chi connectivity index (χ4n) is 5.79. The molecule has 3 aromatic heterocycles. The maximum Gasteiger partial charge on any atom is 0.408 e. The van der Waals surface area contributed by atoms with E-state index < -0.39 is 52.0 Å². The van der Waals surface area contributed by atoms with Gasteiger partial charge >= 0.3 is 6.18 Å². The second-order valence-corrected chi connectivity index (χ2v) is 16.1. The maximum atomic E-state index is 14.5. The molecule has 5 rings (SSSR count). The van der Waals surface area contributed by atoms with Crippen LogP contribution in [0.2, 0.25) is 5.02 Å². The highest BCUT2D eigenvalue weighted by atomic mass is 35.5. The first-order valence-corrected chi connectivity index (χ1v) is 19.6. The SMILES string of the molecule is CSC(C)(C)C#Cc1ccc(-c2ccc(Cl)c3c(NS(C)=O)nn(CC(F)(F)F)c23)c(C(Cc2cc(F)cc(F)c2)NC(=O)Cn2nc(C)c(C)c2C)n1. The van der Waals surface area contributed by atoms with Crippen molar-refractivity contribution in [2.24, 2.45) is 0 Å². The van der Waals surface area contributed by atoms with Gasteiger partial charge in [-0.05, 0) is 94.7 Å². The standard InChI is InChI=1S/C37H37ClF5N7O2S2/c1-20-21(2)46-49(22(20)3)18-31(51)45-30(16-23-14-24(39)17-25(40)15-23)33-27(9-8-26(44-33)12-13-36(4,5)53-6)28-10-11-29(38)32-34(28)50(19-37(41,42)43)47-35(32)48-54(7)52/h8-11,14-15,17,30H,16,18-19H2,1-7H3,(H,45,51)(H,47,48). The summed E-state index contributed by atoms with van der Waals surface area (Å²) in [6.07, 6.45) is -1.70. The van der Waals surface area contributed by atoms with E-state index in [1.807, 2.05) is 40.9 Å². The molecule has 2 aromatic carbocycles. The van der Waals surface area contributed by atoms with Crippen molar-refractivity contribution in [3.8, 4) is 23.0 Å². The molecule has 286 valence electrons. The highest BCUT2D eigenvalue weighted by molar-refractivity contribution is 8.00. The lowest BCUT2D eigenvalue weighted by atomic mass is 9.93. The van der Waals surface area contributed by atoms with E-state index in [2.05, 4.69) is 32.1 Å². The molecule has 0 bridgehead atoms. The van der Waals surface area contributed by atoms with Crippen LogP contribution >= 0.6 is 23.4 Å². The zero-order valence-electron chi connectivity index (χ0n) is 30.4. The number of thioether (sulfide) groups is 1. The molecule has 5 aromatic rings. The van der Waals surface area contributed by atoms with Gasteiger partial charge in [-0.3, -0.25) is 18.9 Å². The van der Waals surface area contributed by atoms with Crippen LogP contribution in [0.15, 0.2) is 42.5 Å². The number of anilines is 1. The molecule has 2 N–H and O–H groups in total. The fraction of sp³-hybridized carbons (Fsp3) is 0.351. The van der Waals surface area contributed by atoms with Crippen LogP contribution in [0.5, 0.6) is 0 Å². The van der Waals surface area contributed by atoms with Crippen LogP contribution in [-0.4, -0.2) is 58.1 Å². The first kappa shape index (κ1) is 40.7. The molecule has 3 heterocycles. The van der Waals surface area contributed by atoms with Crippen LogP contribution < -0.4 is 10.0 Å². The van der Waals surface area contributed by atoms with Gasteiger partial charge in [0.1, 0.15) is 41.4 Å². The minimum atomic E-state index is -4.72. The number of alkyl halides is 3. The second-order valence-electron chi connectivity index (χ2n) is 13.1. The molecule has 0 spiro atoms. The van der Waals surface area contributed by atoms with Crippen molar-refractivity contribution in [1.82, 2.24) is 29.9 Å². The smallest absolute Gasteiger partial charge is 0.346 e. The second kappa shape index (κ2) is 16.1. The molecule has 54 heavy (non-hydrogen) atoms. The summed E-state index contributed by atoms with van der Waals surface area (Å²) in [5, 5.41) is 11.6. The van der Waals surface area contributed by atoms with E-state index in [1.165, 1.54) is 34.8 Å². The Morgan fingerprint density at radius 3 is 2.28 bits per heavy atom. The largest absolute Gasteiger partial charge is 0.408 e. The predicted molar refractivity (Wildman–Crippen MR) is 204 cm³/mol. The number of aryl methyl sites for hydroxylation is 1. The average molecular weight is 806 g/mol. The third-order valence-electron chi connectivity index (χ3n) is 8.69. The van der Waals surface area contributed by atoms with Crippen molar-refractivity contribution in [2.45, 2.75) is 71.1 Å². The lowest BCUT2D eigenvalue weighted by Gasteiger charge is -2.23. The number of hydrogen-bond donors (Lipinski definition) is 2. The highest BCUT2D eigenvalue weighted by Gasteiger charge is 2.32. The van der Waals surface area contributed by atoms with E-state index in [0.717, 1.165) is 35.2 Å². The monoisotopic (exact) mass is 805 g/mol. The Morgan fingerprint density at radius 1 is 1.02 bits per heavy atom. The Kier molecular flexibility index (Phi) is 12.1. The summed E-state index contributed by atoms with van der Waals surface area (Å²) in [5.74, 6) is 3.87. The van der Waals surface area contributed by atoms with Crippen molar-refractivity contribution in [2.75, 3.05) is 17.2 Å². The van der Waals surface area contributed by atoms with Crippen LogP contribution in [0.25, 0.3) is 22.0 Å². The molecule has 0 aliphatic rings. The predicted octanol–water partition coefficient (Wildman–Crippen LogP) is 8.01. The molecule has 2 atom stereocenters. The maximum absolute atomic E-state index is 14.5. The summed E-state index contributed by atoms with van der Waals surface area (Å²) in [7, 11) is -1.73. The molecule has 0 saturated carbocycles. The quantitative estimate of drug-likeness (QED) is 0.104. The number of nitrogens with one attached hydrogen (secondary N) is 2. The van der Waals surface area contributed by atoms with E-state index >= 15 is 0 Å². The van der Waals surface area contributed by atoms with E-state index in [1.54, 1.807) is 12.1 Å². The van der Waals surface area contributed by atoms with E-state index in [-0.39, 0.29) is 62.8 Å². The first-order valence-electron chi connectivity index (χ1n) is 16.5.